The van der Waals surface area contributed by atoms with Crippen molar-refractivity contribution in [3.05, 3.63) is 24.3 Å². The van der Waals surface area contributed by atoms with Crippen molar-refractivity contribution >= 4 is 5.69 Å². The Labute approximate surface area is 97.8 Å². The van der Waals surface area contributed by atoms with E-state index in [1.807, 2.05) is 0 Å². The lowest BCUT2D eigenvalue weighted by atomic mass is 10.2. The highest BCUT2D eigenvalue weighted by Gasteiger charge is 2.31. The Kier molecular flexibility index (Phi) is 3.45. The maximum Gasteiger partial charge on any atom is 0.573 e. The number of anilines is 1. The monoisotopic (exact) mass is 245 g/mol. The fourth-order valence-electron chi connectivity index (χ4n) is 2.09. The molecule has 0 heterocycles. The van der Waals surface area contributed by atoms with Gasteiger partial charge in [-0.3, -0.25) is 0 Å². The highest BCUT2D eigenvalue weighted by molar-refractivity contribution is 5.49. The zero-order valence-electron chi connectivity index (χ0n) is 9.26. The number of ether oxygens (including phenoxy) is 1. The lowest BCUT2D eigenvalue weighted by Gasteiger charge is -2.15. The van der Waals surface area contributed by atoms with E-state index in [0.29, 0.717) is 11.7 Å². The molecule has 17 heavy (non-hydrogen) atoms. The molecule has 5 heteroatoms. The molecule has 2 rings (SSSR count). The van der Waals surface area contributed by atoms with Crippen LogP contribution in [0.1, 0.15) is 25.7 Å². The van der Waals surface area contributed by atoms with E-state index in [4.69, 9.17) is 0 Å². The molecule has 0 atom stereocenters. The van der Waals surface area contributed by atoms with Crippen LogP contribution in [0, 0.1) is 0 Å². The van der Waals surface area contributed by atoms with E-state index in [-0.39, 0.29) is 5.75 Å². The molecule has 94 valence electrons. The van der Waals surface area contributed by atoms with Gasteiger partial charge in [0.1, 0.15) is 5.75 Å². The molecule has 1 aliphatic rings. The summed E-state index contributed by atoms with van der Waals surface area (Å²) in [4.78, 5) is 0. The molecule has 1 aliphatic carbocycles. The maximum absolute atomic E-state index is 12.0. The molecule has 0 aromatic heterocycles. The third kappa shape index (κ3) is 3.84. The Morgan fingerprint density at radius 3 is 2.53 bits per heavy atom. The minimum Gasteiger partial charge on any atom is -0.406 e. The van der Waals surface area contributed by atoms with Crippen LogP contribution in [-0.2, 0) is 0 Å². The van der Waals surface area contributed by atoms with E-state index < -0.39 is 6.36 Å². The van der Waals surface area contributed by atoms with Crippen molar-refractivity contribution in [3.8, 4) is 5.75 Å². The Hall–Kier alpha value is -1.39. The summed E-state index contributed by atoms with van der Waals surface area (Å²) >= 11 is 0. The number of halogens is 3. The van der Waals surface area contributed by atoms with Crippen LogP contribution in [0.5, 0.6) is 5.75 Å². The van der Waals surface area contributed by atoms with Crippen LogP contribution in [0.25, 0.3) is 0 Å². The van der Waals surface area contributed by atoms with E-state index >= 15 is 0 Å². The molecule has 0 amide bonds. The zero-order valence-corrected chi connectivity index (χ0v) is 9.26. The number of hydrogen-bond donors (Lipinski definition) is 1. The van der Waals surface area contributed by atoms with Gasteiger partial charge in [-0.1, -0.05) is 18.9 Å². The van der Waals surface area contributed by atoms with Crippen molar-refractivity contribution in [2.45, 2.75) is 38.1 Å². The summed E-state index contributed by atoms with van der Waals surface area (Å²) in [7, 11) is 0. The summed E-state index contributed by atoms with van der Waals surface area (Å²) in [6.45, 7) is 0. The average Bonchev–Trinajstić information content (AvgIpc) is 2.68. The summed E-state index contributed by atoms with van der Waals surface area (Å²) in [5.74, 6) is -0.180. The van der Waals surface area contributed by atoms with Gasteiger partial charge in [0.25, 0.3) is 0 Å². The zero-order chi connectivity index (χ0) is 12.3. The topological polar surface area (TPSA) is 21.3 Å². The highest BCUT2D eigenvalue weighted by atomic mass is 19.4. The molecule has 1 aromatic carbocycles. The number of benzene rings is 1. The SMILES string of the molecule is FC(F)(F)Oc1cccc(NC2CCCC2)c1. The standard InChI is InChI=1S/C12H14F3NO/c13-12(14,15)17-11-7-3-6-10(8-11)16-9-4-1-2-5-9/h3,6-9,16H,1-2,4-5H2. The number of rotatable bonds is 3. The largest absolute Gasteiger partial charge is 0.573 e. The summed E-state index contributed by atoms with van der Waals surface area (Å²) in [6.07, 6.45) is -0.131. The van der Waals surface area contributed by atoms with Crippen LogP contribution in [0.4, 0.5) is 18.9 Å². The lowest BCUT2D eigenvalue weighted by molar-refractivity contribution is -0.274. The lowest BCUT2D eigenvalue weighted by Crippen LogP contribution is -2.18. The van der Waals surface area contributed by atoms with Crippen LogP contribution in [0.15, 0.2) is 24.3 Å². The van der Waals surface area contributed by atoms with Gasteiger partial charge < -0.3 is 10.1 Å². The predicted molar refractivity (Wildman–Crippen MR) is 59.0 cm³/mol. The molecule has 0 aliphatic heterocycles. The molecule has 0 saturated heterocycles. The normalized spacial score (nSPS) is 17.1. The van der Waals surface area contributed by atoms with Crippen LogP contribution in [-0.4, -0.2) is 12.4 Å². The van der Waals surface area contributed by atoms with Crippen molar-refractivity contribution < 1.29 is 17.9 Å². The van der Waals surface area contributed by atoms with Gasteiger partial charge in [-0.15, -0.1) is 13.2 Å². The predicted octanol–water partition coefficient (Wildman–Crippen LogP) is 3.94. The quantitative estimate of drug-likeness (QED) is 0.870. The van der Waals surface area contributed by atoms with Crippen molar-refractivity contribution in [3.63, 3.8) is 0 Å². The number of nitrogens with one attached hydrogen (secondary N) is 1. The van der Waals surface area contributed by atoms with Gasteiger partial charge in [0.2, 0.25) is 0 Å². The second-order valence-corrected chi connectivity index (χ2v) is 4.20. The molecule has 0 spiro atoms. The van der Waals surface area contributed by atoms with Crippen molar-refractivity contribution in [2.75, 3.05) is 5.32 Å². The fourth-order valence-corrected chi connectivity index (χ4v) is 2.09. The summed E-state index contributed by atoms with van der Waals surface area (Å²) in [6, 6.07) is 6.36. The molecular weight excluding hydrogens is 231 g/mol. The first-order valence-corrected chi connectivity index (χ1v) is 5.65. The Morgan fingerprint density at radius 1 is 1.18 bits per heavy atom. The molecule has 1 fully saturated rings. The molecule has 0 radical (unpaired) electrons. The fraction of sp³-hybridized carbons (Fsp3) is 0.500. The summed E-state index contributed by atoms with van der Waals surface area (Å²) < 4.78 is 40.0. The van der Waals surface area contributed by atoms with E-state index in [0.717, 1.165) is 12.8 Å². The molecule has 1 N–H and O–H groups in total. The van der Waals surface area contributed by atoms with Gasteiger partial charge in [-0.2, -0.15) is 0 Å². The first kappa shape index (κ1) is 12.1. The second-order valence-electron chi connectivity index (χ2n) is 4.20. The van der Waals surface area contributed by atoms with E-state index in [1.165, 1.54) is 25.0 Å². The van der Waals surface area contributed by atoms with Gasteiger partial charge >= 0.3 is 6.36 Å². The van der Waals surface area contributed by atoms with Gasteiger partial charge in [-0.25, -0.2) is 0 Å². The minimum atomic E-state index is -4.63. The van der Waals surface area contributed by atoms with Crippen LogP contribution in [0.3, 0.4) is 0 Å². The van der Waals surface area contributed by atoms with Crippen molar-refractivity contribution in [2.24, 2.45) is 0 Å². The van der Waals surface area contributed by atoms with Gasteiger partial charge in [0.05, 0.1) is 0 Å². The second kappa shape index (κ2) is 4.85. The third-order valence-corrected chi connectivity index (χ3v) is 2.79. The van der Waals surface area contributed by atoms with Crippen molar-refractivity contribution in [1.29, 1.82) is 0 Å². The summed E-state index contributed by atoms with van der Waals surface area (Å²) in [5, 5.41) is 3.22. The van der Waals surface area contributed by atoms with Crippen LogP contribution >= 0.6 is 0 Å². The van der Waals surface area contributed by atoms with E-state index in [9.17, 15) is 13.2 Å². The molecule has 1 saturated carbocycles. The highest BCUT2D eigenvalue weighted by Crippen LogP contribution is 2.27. The number of hydrogen-bond acceptors (Lipinski definition) is 2. The van der Waals surface area contributed by atoms with Crippen LogP contribution < -0.4 is 10.1 Å². The molecular formula is C12H14F3NO. The van der Waals surface area contributed by atoms with Crippen molar-refractivity contribution in [1.82, 2.24) is 0 Å². The average molecular weight is 245 g/mol. The van der Waals surface area contributed by atoms with Crippen LogP contribution in [0.2, 0.25) is 0 Å². The molecule has 1 aromatic rings. The van der Waals surface area contributed by atoms with Gasteiger partial charge in [-0.05, 0) is 25.0 Å². The van der Waals surface area contributed by atoms with E-state index in [1.54, 1.807) is 12.1 Å². The van der Waals surface area contributed by atoms with E-state index in [2.05, 4.69) is 10.1 Å². The molecule has 0 unspecified atom stereocenters. The van der Waals surface area contributed by atoms with Gasteiger partial charge in [0, 0.05) is 17.8 Å². The first-order chi connectivity index (χ1) is 8.03. The Balaban J connectivity index is 2.00. The molecule has 2 nitrogen and oxygen atoms in total. The smallest absolute Gasteiger partial charge is 0.406 e. The third-order valence-electron chi connectivity index (χ3n) is 2.79. The molecule has 0 bridgehead atoms. The minimum absolute atomic E-state index is 0.180. The Bertz CT molecular complexity index is 372. The van der Waals surface area contributed by atoms with Gasteiger partial charge in [0.15, 0.2) is 0 Å². The summed E-state index contributed by atoms with van der Waals surface area (Å²) in [5.41, 5.74) is 0.679. The Morgan fingerprint density at radius 2 is 1.88 bits per heavy atom. The first-order valence-electron chi connectivity index (χ1n) is 5.65. The maximum atomic E-state index is 12.0. The number of alkyl halides is 3.